The zero-order valence-corrected chi connectivity index (χ0v) is 13.1. The van der Waals surface area contributed by atoms with Gasteiger partial charge < -0.3 is 19.6 Å². The monoisotopic (exact) mass is 292 g/mol. The molecule has 1 heterocycles. The first-order chi connectivity index (χ1) is 8.85. The largest absolute Gasteiger partial charge is 0.454 e. The lowest BCUT2D eigenvalue weighted by Gasteiger charge is -2.21. The van der Waals surface area contributed by atoms with Crippen LogP contribution in [-0.2, 0) is 9.09 Å². The van der Waals surface area contributed by atoms with Crippen molar-refractivity contribution in [1.82, 2.24) is 14.7 Å². The highest BCUT2D eigenvalue weighted by atomic mass is 31.2. The third-order valence-corrected chi connectivity index (χ3v) is 3.97. The summed E-state index contributed by atoms with van der Waals surface area (Å²) in [4.78, 5) is 15.5. The average molecular weight is 292 g/mol. The van der Waals surface area contributed by atoms with E-state index in [2.05, 4.69) is 28.3 Å². The number of nitrogens with zero attached hydrogens (tertiary/aromatic N) is 4. The number of unbranched alkanes of at least 4 members (excludes halogenated alkanes) is 1. The van der Waals surface area contributed by atoms with E-state index >= 15 is 0 Å². The van der Waals surface area contributed by atoms with Crippen LogP contribution in [0.1, 0.15) is 12.8 Å². The summed E-state index contributed by atoms with van der Waals surface area (Å²) in [5, 5.41) is 0. The van der Waals surface area contributed by atoms with Crippen molar-refractivity contribution in [2.24, 2.45) is 4.76 Å². The van der Waals surface area contributed by atoms with Crippen molar-refractivity contribution < 1.29 is 14.0 Å². The van der Waals surface area contributed by atoms with Crippen molar-refractivity contribution >= 4 is 13.7 Å². The second-order valence-electron chi connectivity index (χ2n) is 4.99. The van der Waals surface area contributed by atoms with Gasteiger partial charge in [0.15, 0.2) is 0 Å². The molecule has 0 bridgehead atoms. The van der Waals surface area contributed by atoms with Crippen LogP contribution in [0.3, 0.4) is 0 Å². The molecular weight excluding hydrogens is 267 g/mol. The topological polar surface area (TPSA) is 68.6 Å². The first-order valence-electron chi connectivity index (χ1n) is 6.45. The van der Waals surface area contributed by atoms with Gasteiger partial charge in [-0.2, -0.15) is 0 Å². The highest BCUT2D eigenvalue weighted by Crippen LogP contribution is 2.43. The van der Waals surface area contributed by atoms with Gasteiger partial charge in [0, 0.05) is 33.8 Å². The third-order valence-electron chi connectivity index (χ3n) is 3.07. The normalized spacial score (nSPS) is 21.5. The highest BCUT2D eigenvalue weighted by molar-refractivity contribution is 7.51. The zero-order chi connectivity index (χ0) is 14.5. The van der Waals surface area contributed by atoms with Gasteiger partial charge in [-0.25, -0.2) is 4.57 Å². The maximum atomic E-state index is 11.5. The molecular formula is C11H25N4O3P. The van der Waals surface area contributed by atoms with E-state index in [1.165, 1.54) is 7.11 Å². The Hall–Kier alpha value is -0.620. The summed E-state index contributed by atoms with van der Waals surface area (Å²) >= 11 is 0. The summed E-state index contributed by atoms with van der Waals surface area (Å²) in [6.07, 6.45) is 2.13. The van der Waals surface area contributed by atoms with Gasteiger partial charge in [-0.15, -0.1) is 4.76 Å². The fourth-order valence-corrected chi connectivity index (χ4v) is 2.53. The van der Waals surface area contributed by atoms with Crippen molar-refractivity contribution in [3.8, 4) is 0 Å². The standard InChI is InChI=1S/C11H25N4O3P/c1-13(2)7-5-6-8-15-10-9-14(3)11(15)12-19(16,17)18-4/h5-10H2,1-4H3,(H,16,17). The van der Waals surface area contributed by atoms with E-state index in [-0.39, 0.29) is 0 Å². The lowest BCUT2D eigenvalue weighted by Crippen LogP contribution is -2.32. The summed E-state index contributed by atoms with van der Waals surface area (Å²) < 4.78 is 19.9. The van der Waals surface area contributed by atoms with Crippen molar-refractivity contribution in [2.75, 3.05) is 54.4 Å². The molecule has 1 atom stereocenters. The second-order valence-corrected chi connectivity index (χ2v) is 6.54. The molecule has 1 fully saturated rings. The van der Waals surface area contributed by atoms with Crippen LogP contribution in [0, 0.1) is 0 Å². The molecule has 1 N–H and O–H groups in total. The number of guanidine groups is 1. The fourth-order valence-electron chi connectivity index (χ4n) is 1.95. The molecule has 0 aliphatic carbocycles. The SMILES string of the molecule is COP(=O)(O)N=C1N(C)CCN1CCCCN(C)C. The van der Waals surface area contributed by atoms with Gasteiger partial charge >= 0.3 is 7.75 Å². The Morgan fingerprint density at radius 1 is 1.42 bits per heavy atom. The predicted octanol–water partition coefficient (Wildman–Crippen LogP) is 0.678. The van der Waals surface area contributed by atoms with Gasteiger partial charge in [0.2, 0.25) is 5.96 Å². The van der Waals surface area contributed by atoms with Crippen molar-refractivity contribution in [2.45, 2.75) is 12.8 Å². The fraction of sp³-hybridized carbons (Fsp3) is 0.909. The molecule has 0 radical (unpaired) electrons. The Balaban J connectivity index is 2.55. The molecule has 0 aromatic rings. The van der Waals surface area contributed by atoms with Gasteiger partial charge in [0.1, 0.15) is 0 Å². The average Bonchev–Trinajstić information content (AvgIpc) is 2.66. The molecule has 0 saturated carbocycles. The van der Waals surface area contributed by atoms with Crippen LogP contribution in [-0.4, -0.2) is 80.0 Å². The van der Waals surface area contributed by atoms with E-state index in [0.717, 1.165) is 39.0 Å². The smallest absolute Gasteiger partial charge is 0.344 e. The maximum absolute atomic E-state index is 11.5. The molecule has 0 spiro atoms. The Morgan fingerprint density at radius 2 is 2.11 bits per heavy atom. The van der Waals surface area contributed by atoms with E-state index in [4.69, 9.17) is 0 Å². The molecule has 112 valence electrons. The van der Waals surface area contributed by atoms with E-state index in [0.29, 0.717) is 5.96 Å². The van der Waals surface area contributed by atoms with Crippen LogP contribution in [0.2, 0.25) is 0 Å². The molecule has 1 unspecified atom stereocenters. The third kappa shape index (κ3) is 5.48. The molecule has 0 amide bonds. The Morgan fingerprint density at radius 3 is 2.68 bits per heavy atom. The maximum Gasteiger partial charge on any atom is 0.454 e. The highest BCUT2D eigenvalue weighted by Gasteiger charge is 2.27. The molecule has 8 heteroatoms. The van der Waals surface area contributed by atoms with E-state index in [1.54, 1.807) is 0 Å². The first-order valence-corrected chi connectivity index (χ1v) is 7.98. The Bertz CT molecular complexity index is 362. The van der Waals surface area contributed by atoms with Gasteiger partial charge in [-0.05, 0) is 33.5 Å². The first kappa shape index (κ1) is 16.4. The van der Waals surface area contributed by atoms with Crippen molar-refractivity contribution in [3.05, 3.63) is 0 Å². The Kier molecular flexibility index (Phi) is 6.26. The van der Waals surface area contributed by atoms with Gasteiger partial charge in [-0.1, -0.05) is 0 Å². The number of hydrogen-bond donors (Lipinski definition) is 1. The lowest BCUT2D eigenvalue weighted by atomic mass is 10.3. The Labute approximate surface area is 115 Å². The van der Waals surface area contributed by atoms with Crippen molar-refractivity contribution in [1.29, 1.82) is 0 Å². The van der Waals surface area contributed by atoms with Crippen LogP contribution in [0.15, 0.2) is 4.76 Å². The van der Waals surface area contributed by atoms with Crippen LogP contribution in [0.25, 0.3) is 0 Å². The molecule has 1 aliphatic heterocycles. The summed E-state index contributed by atoms with van der Waals surface area (Å²) in [6, 6.07) is 0. The number of hydrogen-bond acceptors (Lipinski definition) is 3. The van der Waals surface area contributed by atoms with E-state index in [1.807, 2.05) is 16.8 Å². The molecule has 7 nitrogen and oxygen atoms in total. The second kappa shape index (κ2) is 7.24. The lowest BCUT2D eigenvalue weighted by molar-refractivity contribution is 0.315. The van der Waals surface area contributed by atoms with Gasteiger partial charge in [0.25, 0.3) is 0 Å². The zero-order valence-electron chi connectivity index (χ0n) is 12.2. The molecule has 0 aromatic carbocycles. The van der Waals surface area contributed by atoms with Crippen LogP contribution < -0.4 is 0 Å². The quantitative estimate of drug-likeness (QED) is 0.550. The van der Waals surface area contributed by atoms with Crippen molar-refractivity contribution in [3.63, 3.8) is 0 Å². The molecule has 1 rings (SSSR count). The summed E-state index contributed by atoms with van der Waals surface area (Å²) in [7, 11) is 3.31. The summed E-state index contributed by atoms with van der Waals surface area (Å²) in [5.41, 5.74) is 0. The number of likely N-dealkylation sites (N-methyl/N-ethyl adjacent to an activating group) is 1. The summed E-state index contributed by atoms with van der Waals surface area (Å²) in [6.45, 7) is 3.55. The van der Waals surface area contributed by atoms with Crippen LogP contribution in [0.4, 0.5) is 0 Å². The molecule has 0 aromatic heterocycles. The van der Waals surface area contributed by atoms with E-state index in [9.17, 15) is 9.46 Å². The van der Waals surface area contributed by atoms with E-state index < -0.39 is 7.75 Å². The summed E-state index contributed by atoms with van der Waals surface area (Å²) in [5.74, 6) is 0.553. The predicted molar refractivity (Wildman–Crippen MR) is 76.3 cm³/mol. The van der Waals surface area contributed by atoms with Gasteiger partial charge in [-0.3, -0.25) is 4.52 Å². The minimum absolute atomic E-state index is 0.553. The molecule has 1 aliphatic rings. The molecule has 1 saturated heterocycles. The minimum Gasteiger partial charge on any atom is -0.344 e. The minimum atomic E-state index is -3.86. The van der Waals surface area contributed by atoms with Crippen LogP contribution >= 0.6 is 7.75 Å². The van der Waals surface area contributed by atoms with Crippen LogP contribution in [0.5, 0.6) is 0 Å². The molecule has 19 heavy (non-hydrogen) atoms. The van der Waals surface area contributed by atoms with Gasteiger partial charge in [0.05, 0.1) is 0 Å². The number of rotatable bonds is 7.